The zero-order chi connectivity index (χ0) is 24.4. The first-order valence-electron chi connectivity index (χ1n) is 14.3. The molecule has 2 amide bonds. The van der Waals surface area contributed by atoms with Crippen LogP contribution in [0.3, 0.4) is 0 Å². The van der Waals surface area contributed by atoms with Gasteiger partial charge in [-0.1, -0.05) is 52.0 Å². The Hall–Kier alpha value is -1.44. The van der Waals surface area contributed by atoms with E-state index >= 15 is 0 Å². The van der Waals surface area contributed by atoms with E-state index in [1.54, 1.807) is 0 Å². The van der Waals surface area contributed by atoms with Crippen LogP contribution >= 0.6 is 0 Å². The lowest BCUT2D eigenvalue weighted by Gasteiger charge is -2.40. The van der Waals surface area contributed by atoms with Gasteiger partial charge in [0.1, 0.15) is 12.8 Å². The smallest absolute Gasteiger partial charge is 0.247 e. The van der Waals surface area contributed by atoms with Crippen LogP contribution in [0.25, 0.3) is 0 Å². The minimum Gasteiger partial charge on any atom is -0.349 e. The molecule has 0 aromatic carbocycles. The van der Waals surface area contributed by atoms with Crippen LogP contribution in [0.5, 0.6) is 0 Å². The van der Waals surface area contributed by atoms with E-state index in [9.17, 15) is 9.59 Å². The summed E-state index contributed by atoms with van der Waals surface area (Å²) in [6, 6.07) is -0.0232. The molecule has 0 aromatic heterocycles. The first-order chi connectivity index (χ1) is 17.0. The molecule has 35 heavy (non-hydrogen) atoms. The second kappa shape index (κ2) is 11.3. The van der Waals surface area contributed by atoms with Crippen LogP contribution in [-0.2, 0) is 19.1 Å². The number of nitrogens with zero attached hydrogens (tertiary/aromatic N) is 2. The Labute approximate surface area is 210 Å². The average Bonchev–Trinajstić information content (AvgIpc) is 3.57. The lowest BCUT2D eigenvalue weighted by molar-refractivity contribution is -0.136. The molecule has 7 heteroatoms. The Morgan fingerprint density at radius 2 is 1.66 bits per heavy atom. The van der Waals surface area contributed by atoms with Crippen molar-refractivity contribution in [3.8, 4) is 0 Å². The van der Waals surface area contributed by atoms with E-state index in [-0.39, 0.29) is 29.9 Å². The highest BCUT2D eigenvalue weighted by Gasteiger charge is 2.39. The number of amides is 2. The number of hydrogen-bond donors (Lipinski definition) is 1. The number of piperidine rings is 1. The molecule has 1 N–H and O–H groups in total. The van der Waals surface area contributed by atoms with E-state index in [0.29, 0.717) is 25.7 Å². The zero-order valence-electron chi connectivity index (χ0n) is 21.8. The maximum Gasteiger partial charge on any atom is 0.247 e. The second-order valence-corrected chi connectivity index (χ2v) is 11.9. The molecule has 3 aliphatic heterocycles. The van der Waals surface area contributed by atoms with Crippen molar-refractivity contribution in [2.75, 3.05) is 33.0 Å². The number of carbonyl (C=O) groups excluding carboxylic acids is 2. The largest absolute Gasteiger partial charge is 0.349 e. The minimum atomic E-state index is -0.488. The molecule has 0 bridgehead atoms. The third-order valence-electron chi connectivity index (χ3n) is 9.39. The van der Waals surface area contributed by atoms with Gasteiger partial charge in [0, 0.05) is 31.1 Å². The molecule has 0 aromatic rings. The molecule has 3 saturated heterocycles. The fourth-order valence-corrected chi connectivity index (χ4v) is 7.13. The number of hydrogen-bond acceptors (Lipinski definition) is 5. The van der Waals surface area contributed by atoms with Gasteiger partial charge in [-0.25, -0.2) is 0 Å². The van der Waals surface area contributed by atoms with Crippen molar-refractivity contribution in [1.29, 1.82) is 0 Å². The molecule has 4 unspecified atom stereocenters. The first-order valence-corrected chi connectivity index (χ1v) is 14.3. The second-order valence-electron chi connectivity index (χ2n) is 11.9. The van der Waals surface area contributed by atoms with Crippen molar-refractivity contribution in [3.05, 3.63) is 11.6 Å². The highest BCUT2D eigenvalue weighted by atomic mass is 16.7. The van der Waals surface area contributed by atoms with Crippen LogP contribution in [0.4, 0.5) is 0 Å². The van der Waals surface area contributed by atoms with Crippen molar-refractivity contribution in [2.24, 2.45) is 17.8 Å². The molecule has 196 valence electrons. The van der Waals surface area contributed by atoms with Gasteiger partial charge >= 0.3 is 0 Å². The molecule has 5 rings (SSSR count). The van der Waals surface area contributed by atoms with Gasteiger partial charge in [0.15, 0.2) is 0 Å². The van der Waals surface area contributed by atoms with E-state index in [4.69, 9.17) is 9.47 Å². The summed E-state index contributed by atoms with van der Waals surface area (Å²) in [5, 5.41) is 3.07. The third-order valence-corrected chi connectivity index (χ3v) is 9.39. The topological polar surface area (TPSA) is 71.1 Å². The zero-order valence-corrected chi connectivity index (χ0v) is 21.8. The van der Waals surface area contributed by atoms with E-state index in [1.165, 1.54) is 58.0 Å². The van der Waals surface area contributed by atoms with Crippen molar-refractivity contribution in [3.63, 3.8) is 0 Å². The summed E-state index contributed by atoms with van der Waals surface area (Å²) in [6.07, 6.45) is 14.1. The number of likely N-dealkylation sites (tertiary alicyclic amines) is 2. The van der Waals surface area contributed by atoms with Gasteiger partial charge in [-0.05, 0) is 56.5 Å². The fourth-order valence-electron chi connectivity index (χ4n) is 7.13. The highest BCUT2D eigenvalue weighted by Crippen LogP contribution is 2.36. The molecule has 0 spiro atoms. The normalized spacial score (nSPS) is 31.9. The molecule has 7 nitrogen and oxygen atoms in total. The lowest BCUT2D eigenvalue weighted by atomic mass is 9.75. The number of fused-ring (bicyclic) bond motifs is 1. The molecule has 4 fully saturated rings. The SMILES string of the molecule is CC(C)C(NC(=O)C1=CCC2OCOC2C1)C(=O)N1CCC(N2CCC(C3CCCCC3)CC2)C1. The van der Waals surface area contributed by atoms with E-state index in [2.05, 4.69) is 10.2 Å². The molecular formula is C28H45N3O4. The Bertz CT molecular complexity index is 785. The average molecular weight is 488 g/mol. The Balaban J connectivity index is 1.12. The molecule has 3 heterocycles. The van der Waals surface area contributed by atoms with Crippen LogP contribution in [0, 0.1) is 17.8 Å². The summed E-state index contributed by atoms with van der Waals surface area (Å²) in [5.74, 6) is 1.85. The number of rotatable bonds is 6. The van der Waals surface area contributed by atoms with Crippen molar-refractivity contribution >= 4 is 11.8 Å². The monoisotopic (exact) mass is 487 g/mol. The van der Waals surface area contributed by atoms with Crippen molar-refractivity contribution in [2.45, 2.75) is 102 Å². The van der Waals surface area contributed by atoms with E-state index in [0.717, 1.165) is 36.9 Å². The van der Waals surface area contributed by atoms with Gasteiger partial charge in [-0.2, -0.15) is 0 Å². The molecule has 0 radical (unpaired) electrons. The lowest BCUT2D eigenvalue weighted by Crippen LogP contribution is -2.52. The minimum absolute atomic E-state index is 0.0414. The summed E-state index contributed by atoms with van der Waals surface area (Å²) in [7, 11) is 0. The summed E-state index contributed by atoms with van der Waals surface area (Å²) < 4.78 is 11.1. The fraction of sp³-hybridized carbons (Fsp3) is 0.857. The van der Waals surface area contributed by atoms with Crippen LogP contribution in [0.1, 0.15) is 78.1 Å². The molecule has 2 aliphatic carbocycles. The Morgan fingerprint density at radius 1 is 0.943 bits per heavy atom. The predicted octanol–water partition coefficient (Wildman–Crippen LogP) is 3.48. The molecular weight excluding hydrogens is 442 g/mol. The molecule has 4 atom stereocenters. The standard InChI is InChI=1S/C28H45N3O4/c1-19(2)26(29-27(32)22-8-9-24-25(16-22)35-18-34-24)28(33)31-15-12-23(17-31)30-13-10-21(11-14-30)20-6-4-3-5-7-20/h8,19-21,23-26H,3-7,9-18H2,1-2H3,(H,29,32). The van der Waals surface area contributed by atoms with Gasteiger partial charge in [-0.3, -0.25) is 14.5 Å². The Morgan fingerprint density at radius 3 is 2.40 bits per heavy atom. The summed E-state index contributed by atoms with van der Waals surface area (Å²) in [5.41, 5.74) is 0.718. The summed E-state index contributed by atoms with van der Waals surface area (Å²) in [6.45, 7) is 8.30. The number of ether oxygens (including phenoxy) is 2. The van der Waals surface area contributed by atoms with E-state index in [1.807, 2.05) is 24.8 Å². The van der Waals surface area contributed by atoms with Gasteiger partial charge in [0.25, 0.3) is 0 Å². The third kappa shape index (κ3) is 5.78. The van der Waals surface area contributed by atoms with Crippen molar-refractivity contribution < 1.29 is 19.1 Å². The number of carbonyl (C=O) groups is 2. The Kier molecular flexibility index (Phi) is 8.15. The van der Waals surface area contributed by atoms with Crippen LogP contribution in [-0.4, -0.2) is 78.9 Å². The van der Waals surface area contributed by atoms with Crippen LogP contribution in [0.2, 0.25) is 0 Å². The van der Waals surface area contributed by atoms with Crippen LogP contribution in [0.15, 0.2) is 11.6 Å². The maximum absolute atomic E-state index is 13.5. The summed E-state index contributed by atoms with van der Waals surface area (Å²) >= 11 is 0. The quantitative estimate of drug-likeness (QED) is 0.621. The van der Waals surface area contributed by atoms with Crippen molar-refractivity contribution in [1.82, 2.24) is 15.1 Å². The van der Waals surface area contributed by atoms with Gasteiger partial charge in [0.05, 0.1) is 12.2 Å². The van der Waals surface area contributed by atoms with Gasteiger partial charge < -0.3 is 19.7 Å². The maximum atomic E-state index is 13.5. The first kappa shape index (κ1) is 25.2. The highest BCUT2D eigenvalue weighted by molar-refractivity contribution is 5.97. The number of nitrogens with one attached hydrogen (secondary N) is 1. The predicted molar refractivity (Wildman–Crippen MR) is 135 cm³/mol. The molecule has 5 aliphatic rings. The van der Waals surface area contributed by atoms with Gasteiger partial charge in [-0.15, -0.1) is 0 Å². The summed E-state index contributed by atoms with van der Waals surface area (Å²) in [4.78, 5) is 31.2. The molecule has 1 saturated carbocycles. The van der Waals surface area contributed by atoms with Crippen LogP contribution < -0.4 is 5.32 Å². The van der Waals surface area contributed by atoms with E-state index < -0.39 is 6.04 Å². The van der Waals surface area contributed by atoms with Gasteiger partial charge in [0.2, 0.25) is 11.8 Å².